The SMILES string of the molecule is Cc1c(OCC2=NCCN2)cccc1[N+](=O)[O-].Cl. The molecule has 7 heteroatoms. The molecule has 1 N–H and O–H groups in total. The van der Waals surface area contributed by atoms with E-state index >= 15 is 0 Å². The Morgan fingerprint density at radius 3 is 2.94 bits per heavy atom. The van der Waals surface area contributed by atoms with Crippen LogP contribution in [-0.2, 0) is 0 Å². The molecule has 0 radical (unpaired) electrons. The van der Waals surface area contributed by atoms with Crippen LogP contribution in [0.3, 0.4) is 0 Å². The first-order valence-corrected chi connectivity index (χ1v) is 5.32. The molecule has 18 heavy (non-hydrogen) atoms. The maximum Gasteiger partial charge on any atom is 0.276 e. The summed E-state index contributed by atoms with van der Waals surface area (Å²) in [6.45, 7) is 3.58. The van der Waals surface area contributed by atoms with Gasteiger partial charge in [-0.3, -0.25) is 15.1 Å². The number of amidine groups is 1. The van der Waals surface area contributed by atoms with Gasteiger partial charge in [-0.15, -0.1) is 12.4 Å². The van der Waals surface area contributed by atoms with Crippen molar-refractivity contribution in [1.29, 1.82) is 0 Å². The minimum absolute atomic E-state index is 0. The molecule has 2 rings (SSSR count). The summed E-state index contributed by atoms with van der Waals surface area (Å²) in [6.07, 6.45) is 0. The van der Waals surface area contributed by atoms with Crippen molar-refractivity contribution >= 4 is 23.9 Å². The molecule has 1 heterocycles. The van der Waals surface area contributed by atoms with Gasteiger partial charge < -0.3 is 10.1 Å². The minimum Gasteiger partial charge on any atom is -0.485 e. The van der Waals surface area contributed by atoms with E-state index in [1.165, 1.54) is 6.07 Å². The maximum absolute atomic E-state index is 10.7. The van der Waals surface area contributed by atoms with Crippen molar-refractivity contribution in [2.45, 2.75) is 6.92 Å². The van der Waals surface area contributed by atoms with Crippen molar-refractivity contribution in [1.82, 2.24) is 5.32 Å². The maximum atomic E-state index is 10.7. The quantitative estimate of drug-likeness (QED) is 0.668. The first kappa shape index (κ1) is 14.2. The monoisotopic (exact) mass is 271 g/mol. The number of nitro groups is 1. The molecular weight excluding hydrogens is 258 g/mol. The summed E-state index contributed by atoms with van der Waals surface area (Å²) in [5.41, 5.74) is 0.611. The standard InChI is InChI=1S/C11H13N3O3.ClH/c1-8-9(14(15)16)3-2-4-10(8)17-7-11-12-5-6-13-11;/h2-4H,5-7H2,1H3,(H,12,13);1H. The van der Waals surface area contributed by atoms with Crippen molar-refractivity contribution in [3.63, 3.8) is 0 Å². The molecule has 0 aliphatic carbocycles. The molecule has 0 spiro atoms. The fourth-order valence-corrected chi connectivity index (χ4v) is 1.65. The summed E-state index contributed by atoms with van der Waals surface area (Å²) >= 11 is 0. The Morgan fingerprint density at radius 2 is 2.33 bits per heavy atom. The lowest BCUT2D eigenvalue weighted by atomic mass is 10.2. The molecule has 1 aromatic rings. The smallest absolute Gasteiger partial charge is 0.276 e. The first-order chi connectivity index (χ1) is 8.18. The molecule has 6 nitrogen and oxygen atoms in total. The average molecular weight is 272 g/mol. The zero-order chi connectivity index (χ0) is 12.3. The molecule has 0 aromatic heterocycles. The summed E-state index contributed by atoms with van der Waals surface area (Å²) in [5, 5.41) is 13.8. The van der Waals surface area contributed by atoms with Crippen LogP contribution in [0.2, 0.25) is 0 Å². The van der Waals surface area contributed by atoms with Crippen LogP contribution in [0.5, 0.6) is 5.75 Å². The molecule has 1 aliphatic rings. The summed E-state index contributed by atoms with van der Waals surface area (Å²) in [4.78, 5) is 14.5. The Kier molecular flexibility index (Phi) is 4.91. The van der Waals surface area contributed by atoms with Gasteiger partial charge in [-0.05, 0) is 13.0 Å². The molecule has 0 saturated heterocycles. The zero-order valence-electron chi connectivity index (χ0n) is 9.88. The Morgan fingerprint density at radius 1 is 1.56 bits per heavy atom. The lowest BCUT2D eigenvalue weighted by molar-refractivity contribution is -0.385. The largest absolute Gasteiger partial charge is 0.485 e. The number of nitrogens with one attached hydrogen (secondary N) is 1. The molecule has 98 valence electrons. The van der Waals surface area contributed by atoms with Gasteiger partial charge in [-0.25, -0.2) is 0 Å². The first-order valence-electron chi connectivity index (χ1n) is 5.32. The van der Waals surface area contributed by atoms with Gasteiger partial charge in [0.15, 0.2) is 0 Å². The Bertz CT molecular complexity index is 477. The van der Waals surface area contributed by atoms with E-state index in [4.69, 9.17) is 4.74 Å². The van der Waals surface area contributed by atoms with Crippen LogP contribution in [0.1, 0.15) is 5.56 Å². The predicted octanol–water partition coefficient (Wildman–Crippen LogP) is 1.71. The highest BCUT2D eigenvalue weighted by molar-refractivity contribution is 5.85. The van der Waals surface area contributed by atoms with Crippen LogP contribution >= 0.6 is 12.4 Å². The highest BCUT2D eigenvalue weighted by Crippen LogP contribution is 2.26. The molecular formula is C11H14ClN3O3. The fourth-order valence-electron chi connectivity index (χ4n) is 1.65. The molecule has 0 bridgehead atoms. The third kappa shape index (κ3) is 3.10. The van der Waals surface area contributed by atoms with Crippen molar-refractivity contribution in [3.8, 4) is 5.75 Å². The molecule has 1 aromatic carbocycles. The van der Waals surface area contributed by atoms with E-state index in [1.54, 1.807) is 19.1 Å². The van der Waals surface area contributed by atoms with Gasteiger partial charge in [0.1, 0.15) is 18.2 Å². The topological polar surface area (TPSA) is 76.8 Å². The van der Waals surface area contributed by atoms with E-state index in [-0.39, 0.29) is 18.1 Å². The summed E-state index contributed by atoms with van der Waals surface area (Å²) < 4.78 is 5.51. The van der Waals surface area contributed by atoms with Crippen molar-refractivity contribution < 1.29 is 9.66 Å². The fraction of sp³-hybridized carbons (Fsp3) is 0.364. The summed E-state index contributed by atoms with van der Waals surface area (Å²) in [7, 11) is 0. The third-order valence-corrected chi connectivity index (χ3v) is 2.56. The highest BCUT2D eigenvalue weighted by atomic mass is 35.5. The second-order valence-corrected chi connectivity index (χ2v) is 3.70. The second kappa shape index (κ2) is 6.20. The van der Waals surface area contributed by atoms with Gasteiger partial charge >= 0.3 is 0 Å². The van der Waals surface area contributed by atoms with E-state index in [9.17, 15) is 10.1 Å². The number of aliphatic imine (C=N–C) groups is 1. The number of rotatable bonds is 4. The molecule has 1 aliphatic heterocycles. The summed E-state index contributed by atoms with van der Waals surface area (Å²) in [5.74, 6) is 1.31. The zero-order valence-corrected chi connectivity index (χ0v) is 10.7. The predicted molar refractivity (Wildman–Crippen MR) is 70.9 cm³/mol. The molecule has 0 fully saturated rings. The minimum atomic E-state index is -0.409. The number of ether oxygens (including phenoxy) is 1. The van der Waals surface area contributed by atoms with Crippen LogP contribution in [0, 0.1) is 17.0 Å². The Hall–Kier alpha value is -1.82. The third-order valence-electron chi connectivity index (χ3n) is 2.56. The van der Waals surface area contributed by atoms with E-state index < -0.39 is 4.92 Å². The highest BCUT2D eigenvalue weighted by Gasteiger charge is 2.15. The lowest BCUT2D eigenvalue weighted by Crippen LogP contribution is -2.25. The number of hydrogen-bond donors (Lipinski definition) is 1. The average Bonchev–Trinajstić information content (AvgIpc) is 2.80. The number of nitro benzene ring substituents is 1. The van der Waals surface area contributed by atoms with E-state index in [0.717, 1.165) is 18.9 Å². The van der Waals surface area contributed by atoms with Gasteiger partial charge in [0.25, 0.3) is 5.69 Å². The van der Waals surface area contributed by atoms with Crippen LogP contribution < -0.4 is 10.1 Å². The Balaban J connectivity index is 0.00000162. The number of hydrogen-bond acceptors (Lipinski definition) is 5. The lowest BCUT2D eigenvalue weighted by Gasteiger charge is -2.09. The van der Waals surface area contributed by atoms with Crippen LogP contribution in [0.25, 0.3) is 0 Å². The molecule has 0 amide bonds. The number of nitrogens with zero attached hydrogens (tertiary/aromatic N) is 2. The number of halogens is 1. The Labute approximate surface area is 111 Å². The van der Waals surface area contributed by atoms with Gasteiger partial charge in [0.05, 0.1) is 17.0 Å². The van der Waals surface area contributed by atoms with E-state index in [0.29, 0.717) is 17.9 Å². The molecule has 0 saturated carbocycles. The van der Waals surface area contributed by atoms with E-state index in [1.807, 2.05) is 0 Å². The molecule has 0 unspecified atom stereocenters. The van der Waals surface area contributed by atoms with Crippen molar-refractivity contribution in [2.24, 2.45) is 4.99 Å². The van der Waals surface area contributed by atoms with Crippen LogP contribution in [0.15, 0.2) is 23.2 Å². The number of benzene rings is 1. The van der Waals surface area contributed by atoms with Gasteiger partial charge in [0, 0.05) is 12.6 Å². The van der Waals surface area contributed by atoms with Gasteiger partial charge in [-0.2, -0.15) is 0 Å². The second-order valence-electron chi connectivity index (χ2n) is 3.70. The normalized spacial score (nSPS) is 13.3. The van der Waals surface area contributed by atoms with Crippen molar-refractivity contribution in [3.05, 3.63) is 33.9 Å². The summed E-state index contributed by atoms with van der Waals surface area (Å²) in [6, 6.07) is 4.80. The van der Waals surface area contributed by atoms with Gasteiger partial charge in [-0.1, -0.05) is 6.07 Å². The van der Waals surface area contributed by atoms with Crippen LogP contribution in [0.4, 0.5) is 5.69 Å². The van der Waals surface area contributed by atoms with Crippen LogP contribution in [-0.4, -0.2) is 30.5 Å². The van der Waals surface area contributed by atoms with Gasteiger partial charge in [0.2, 0.25) is 0 Å². The van der Waals surface area contributed by atoms with E-state index in [2.05, 4.69) is 10.3 Å². The van der Waals surface area contributed by atoms with Crippen molar-refractivity contribution in [2.75, 3.05) is 19.7 Å². The molecule has 0 atom stereocenters.